The highest BCUT2D eigenvalue weighted by Crippen LogP contribution is 2.24. The van der Waals surface area contributed by atoms with Gasteiger partial charge in [0.2, 0.25) is 0 Å². The molecule has 0 aliphatic carbocycles. The number of rotatable bonds is 4. The van der Waals surface area contributed by atoms with Gasteiger partial charge in [-0.25, -0.2) is 4.99 Å². The van der Waals surface area contributed by atoms with Crippen LogP contribution in [0.4, 0.5) is 0 Å². The number of amidine groups is 1. The molecule has 1 aromatic heterocycles. The number of furan rings is 1. The molecule has 0 unspecified atom stereocenters. The van der Waals surface area contributed by atoms with Crippen molar-refractivity contribution in [3.63, 3.8) is 0 Å². The standard InChI is InChI=1S/C21H16N2O2/c24-21-19(14-18-12-7-13-25-18)22-20(17-10-5-2-6-11-17)23(21)15-16-8-3-1-4-9-16/h1-14H,15H2/b19-14-. The van der Waals surface area contributed by atoms with E-state index in [0.29, 0.717) is 23.8 Å². The molecule has 0 saturated heterocycles. The molecular formula is C21H16N2O2. The number of nitrogens with zero attached hydrogens (tertiary/aromatic N) is 2. The number of carbonyl (C=O) groups is 1. The summed E-state index contributed by atoms with van der Waals surface area (Å²) in [4.78, 5) is 19.2. The Labute approximate surface area is 145 Å². The van der Waals surface area contributed by atoms with Crippen LogP contribution in [0.3, 0.4) is 0 Å². The van der Waals surface area contributed by atoms with Crippen molar-refractivity contribution < 1.29 is 9.21 Å². The van der Waals surface area contributed by atoms with Crippen LogP contribution >= 0.6 is 0 Å². The minimum absolute atomic E-state index is 0.126. The normalized spacial score (nSPS) is 15.7. The van der Waals surface area contributed by atoms with E-state index >= 15 is 0 Å². The number of carbonyl (C=O) groups excluding carboxylic acids is 1. The Bertz CT molecular complexity index is 927. The van der Waals surface area contributed by atoms with Crippen LogP contribution in [0.2, 0.25) is 0 Å². The van der Waals surface area contributed by atoms with Crippen molar-refractivity contribution in [3.8, 4) is 0 Å². The molecule has 4 heteroatoms. The lowest BCUT2D eigenvalue weighted by Crippen LogP contribution is -2.32. The van der Waals surface area contributed by atoms with Crippen molar-refractivity contribution in [2.45, 2.75) is 6.54 Å². The molecule has 0 fully saturated rings. The fraction of sp³-hybridized carbons (Fsp3) is 0.0476. The van der Waals surface area contributed by atoms with Gasteiger partial charge in [-0.2, -0.15) is 0 Å². The summed E-state index contributed by atoms with van der Waals surface area (Å²) >= 11 is 0. The second kappa shape index (κ2) is 6.61. The second-order valence-electron chi connectivity index (χ2n) is 5.72. The van der Waals surface area contributed by atoms with Gasteiger partial charge in [-0.1, -0.05) is 60.7 Å². The van der Waals surface area contributed by atoms with Gasteiger partial charge in [0.05, 0.1) is 12.8 Å². The van der Waals surface area contributed by atoms with E-state index in [1.165, 1.54) is 0 Å². The zero-order valence-corrected chi connectivity index (χ0v) is 13.5. The Balaban J connectivity index is 1.73. The molecule has 1 aliphatic rings. The van der Waals surface area contributed by atoms with E-state index in [1.54, 1.807) is 29.4 Å². The van der Waals surface area contributed by atoms with E-state index in [9.17, 15) is 4.79 Å². The molecule has 1 amide bonds. The molecule has 0 N–H and O–H groups in total. The maximum Gasteiger partial charge on any atom is 0.278 e. The summed E-state index contributed by atoms with van der Waals surface area (Å²) in [5.74, 6) is 1.15. The van der Waals surface area contributed by atoms with Gasteiger partial charge in [0, 0.05) is 11.6 Å². The molecule has 0 spiro atoms. The van der Waals surface area contributed by atoms with E-state index in [4.69, 9.17) is 4.42 Å². The molecule has 4 nitrogen and oxygen atoms in total. The van der Waals surface area contributed by atoms with Crippen LogP contribution in [-0.4, -0.2) is 16.6 Å². The maximum absolute atomic E-state index is 12.9. The Kier molecular flexibility index (Phi) is 4.01. The van der Waals surface area contributed by atoms with Crippen LogP contribution in [0.1, 0.15) is 16.9 Å². The molecule has 122 valence electrons. The van der Waals surface area contributed by atoms with Crippen LogP contribution < -0.4 is 0 Å². The van der Waals surface area contributed by atoms with Crippen molar-refractivity contribution in [2.24, 2.45) is 4.99 Å². The zero-order chi connectivity index (χ0) is 17.1. The third-order valence-electron chi connectivity index (χ3n) is 3.98. The Morgan fingerprint density at radius 3 is 2.32 bits per heavy atom. The van der Waals surface area contributed by atoms with Crippen molar-refractivity contribution in [1.82, 2.24) is 4.90 Å². The smallest absolute Gasteiger partial charge is 0.278 e. The van der Waals surface area contributed by atoms with E-state index in [1.807, 2.05) is 60.7 Å². The fourth-order valence-electron chi connectivity index (χ4n) is 2.78. The monoisotopic (exact) mass is 328 g/mol. The van der Waals surface area contributed by atoms with E-state index in [-0.39, 0.29) is 5.91 Å². The van der Waals surface area contributed by atoms with Crippen LogP contribution in [0.5, 0.6) is 0 Å². The Hall–Kier alpha value is -3.40. The quantitative estimate of drug-likeness (QED) is 0.677. The summed E-state index contributed by atoms with van der Waals surface area (Å²) in [5.41, 5.74) is 2.35. The van der Waals surface area contributed by atoms with Crippen molar-refractivity contribution in [2.75, 3.05) is 0 Å². The van der Waals surface area contributed by atoms with Gasteiger partial charge in [0.15, 0.2) is 0 Å². The predicted molar refractivity (Wildman–Crippen MR) is 96.7 cm³/mol. The van der Waals surface area contributed by atoms with Gasteiger partial charge in [-0.05, 0) is 17.7 Å². The van der Waals surface area contributed by atoms with Crippen LogP contribution in [0, 0.1) is 0 Å². The molecular weight excluding hydrogens is 312 g/mol. The SMILES string of the molecule is O=C1/C(=C/c2ccco2)N=C(c2ccccc2)N1Cc1ccccc1. The zero-order valence-electron chi connectivity index (χ0n) is 13.5. The topological polar surface area (TPSA) is 45.8 Å². The van der Waals surface area contributed by atoms with Crippen LogP contribution in [-0.2, 0) is 11.3 Å². The van der Waals surface area contributed by atoms with E-state index < -0.39 is 0 Å². The summed E-state index contributed by atoms with van der Waals surface area (Å²) in [6.07, 6.45) is 3.26. The number of benzene rings is 2. The molecule has 2 heterocycles. The van der Waals surface area contributed by atoms with E-state index in [2.05, 4.69) is 4.99 Å². The minimum atomic E-state index is -0.126. The molecule has 0 saturated carbocycles. The Morgan fingerprint density at radius 1 is 0.920 bits per heavy atom. The summed E-state index contributed by atoms with van der Waals surface area (Å²) in [5, 5.41) is 0. The van der Waals surface area contributed by atoms with Crippen LogP contribution in [0.25, 0.3) is 6.08 Å². The molecule has 0 atom stereocenters. The first kappa shape index (κ1) is 15.1. The van der Waals surface area contributed by atoms with Gasteiger partial charge in [0.1, 0.15) is 17.3 Å². The third kappa shape index (κ3) is 3.15. The lowest BCUT2D eigenvalue weighted by Gasteiger charge is -2.18. The van der Waals surface area contributed by atoms with Gasteiger partial charge in [0.25, 0.3) is 5.91 Å². The van der Waals surface area contributed by atoms with E-state index in [0.717, 1.165) is 11.1 Å². The highest BCUT2D eigenvalue weighted by molar-refractivity contribution is 6.19. The summed E-state index contributed by atoms with van der Waals surface area (Å²) in [6, 6.07) is 23.2. The maximum atomic E-state index is 12.9. The first-order valence-electron chi connectivity index (χ1n) is 8.06. The average molecular weight is 328 g/mol. The highest BCUT2D eigenvalue weighted by atomic mass is 16.3. The molecule has 4 rings (SSSR count). The second-order valence-corrected chi connectivity index (χ2v) is 5.72. The number of amides is 1. The largest absolute Gasteiger partial charge is 0.465 e. The van der Waals surface area contributed by atoms with Gasteiger partial charge in [-0.15, -0.1) is 0 Å². The highest BCUT2D eigenvalue weighted by Gasteiger charge is 2.31. The third-order valence-corrected chi connectivity index (χ3v) is 3.98. The lowest BCUT2D eigenvalue weighted by atomic mass is 10.1. The van der Waals surface area contributed by atoms with Crippen molar-refractivity contribution >= 4 is 17.8 Å². The van der Waals surface area contributed by atoms with Crippen molar-refractivity contribution in [1.29, 1.82) is 0 Å². The average Bonchev–Trinajstić information content (AvgIpc) is 3.27. The lowest BCUT2D eigenvalue weighted by molar-refractivity contribution is -0.123. The molecule has 1 aliphatic heterocycles. The number of hydrogen-bond donors (Lipinski definition) is 0. The summed E-state index contributed by atoms with van der Waals surface area (Å²) in [7, 11) is 0. The van der Waals surface area contributed by atoms with Gasteiger partial charge < -0.3 is 4.42 Å². The minimum Gasteiger partial charge on any atom is -0.465 e. The van der Waals surface area contributed by atoms with Crippen molar-refractivity contribution in [3.05, 3.63) is 102 Å². The van der Waals surface area contributed by atoms with Gasteiger partial charge >= 0.3 is 0 Å². The van der Waals surface area contributed by atoms with Crippen LogP contribution in [0.15, 0.2) is 94.2 Å². The molecule has 2 aromatic carbocycles. The Morgan fingerprint density at radius 2 is 1.64 bits per heavy atom. The fourth-order valence-corrected chi connectivity index (χ4v) is 2.78. The molecule has 25 heavy (non-hydrogen) atoms. The first-order chi connectivity index (χ1) is 12.3. The van der Waals surface area contributed by atoms with Gasteiger partial charge in [-0.3, -0.25) is 9.69 Å². The summed E-state index contributed by atoms with van der Waals surface area (Å²) in [6.45, 7) is 0.475. The molecule has 3 aromatic rings. The molecule has 0 bridgehead atoms. The summed E-state index contributed by atoms with van der Waals surface area (Å²) < 4.78 is 5.32. The first-order valence-corrected chi connectivity index (χ1v) is 8.06. The number of aliphatic imine (C=N–C) groups is 1. The molecule has 0 radical (unpaired) electrons. The predicted octanol–water partition coefficient (Wildman–Crippen LogP) is 4.11. The number of hydrogen-bond acceptors (Lipinski definition) is 3.